The molecule has 1 rings (SSSR count). The fraction of sp³-hybridized carbons (Fsp3) is 0.333. The number of hydrogen-bond acceptors (Lipinski definition) is 2. The van der Waals surface area contributed by atoms with Gasteiger partial charge in [0.05, 0.1) is 6.42 Å². The molecule has 4 nitrogen and oxygen atoms in total. The number of alkyl halides is 3. The first-order valence-electron chi connectivity index (χ1n) is 5.48. The topological polar surface area (TPSA) is 57.6 Å². The molecule has 0 bridgehead atoms. The van der Waals surface area contributed by atoms with Crippen molar-refractivity contribution in [2.24, 2.45) is 0 Å². The number of nitrogens with zero attached hydrogens (tertiary/aromatic N) is 1. The van der Waals surface area contributed by atoms with E-state index in [1.807, 2.05) is 0 Å². The third-order valence-electron chi connectivity index (χ3n) is 2.32. The Hall–Kier alpha value is -1.57. The average Bonchev–Trinajstić information content (AvgIpc) is 2.29. The maximum absolute atomic E-state index is 12.3. The lowest BCUT2D eigenvalue weighted by Crippen LogP contribution is -2.42. The van der Waals surface area contributed by atoms with Gasteiger partial charge in [-0.3, -0.25) is 9.59 Å². The van der Waals surface area contributed by atoms with E-state index in [1.54, 1.807) is 24.3 Å². The molecule has 1 N–H and O–H groups in total. The minimum Gasteiger partial charge on any atom is -0.480 e. The Bertz CT molecular complexity index is 488. The Morgan fingerprint density at radius 2 is 1.75 bits per heavy atom. The molecule has 20 heavy (non-hydrogen) atoms. The molecule has 0 saturated heterocycles. The van der Waals surface area contributed by atoms with Gasteiger partial charge in [-0.15, -0.1) is 0 Å². The van der Waals surface area contributed by atoms with Crippen LogP contribution in [0.3, 0.4) is 0 Å². The van der Waals surface area contributed by atoms with Crippen LogP contribution in [0, 0.1) is 0 Å². The normalized spacial score (nSPS) is 11.2. The monoisotopic (exact) mass is 353 g/mol. The van der Waals surface area contributed by atoms with E-state index in [9.17, 15) is 22.8 Å². The van der Waals surface area contributed by atoms with Gasteiger partial charge in [-0.1, -0.05) is 28.1 Å². The highest BCUT2D eigenvalue weighted by atomic mass is 79.9. The summed E-state index contributed by atoms with van der Waals surface area (Å²) >= 11 is 3.19. The van der Waals surface area contributed by atoms with E-state index in [0.29, 0.717) is 5.56 Å². The van der Waals surface area contributed by atoms with E-state index in [1.165, 1.54) is 0 Å². The van der Waals surface area contributed by atoms with Crippen molar-refractivity contribution in [2.75, 3.05) is 13.1 Å². The van der Waals surface area contributed by atoms with Gasteiger partial charge in [0, 0.05) is 4.47 Å². The third kappa shape index (κ3) is 6.05. The average molecular weight is 354 g/mol. The lowest BCUT2D eigenvalue weighted by molar-refractivity contribution is -0.165. The Kier molecular flexibility index (Phi) is 5.55. The van der Waals surface area contributed by atoms with Crippen molar-refractivity contribution in [2.45, 2.75) is 12.6 Å². The fourth-order valence-corrected chi connectivity index (χ4v) is 1.76. The summed E-state index contributed by atoms with van der Waals surface area (Å²) in [6.45, 7) is -2.55. The minimum atomic E-state index is -4.63. The third-order valence-corrected chi connectivity index (χ3v) is 2.85. The SMILES string of the molecule is O=C(O)CN(CC(F)(F)F)C(=O)Cc1ccc(Br)cc1. The smallest absolute Gasteiger partial charge is 0.406 e. The number of carboxylic acid groups (broad SMARTS) is 1. The first-order valence-corrected chi connectivity index (χ1v) is 6.27. The molecule has 1 amide bonds. The second-order valence-electron chi connectivity index (χ2n) is 4.06. The second kappa shape index (κ2) is 6.74. The molecular weight excluding hydrogens is 343 g/mol. The first-order chi connectivity index (χ1) is 9.17. The Morgan fingerprint density at radius 1 is 1.20 bits per heavy atom. The molecule has 0 atom stereocenters. The maximum Gasteiger partial charge on any atom is 0.406 e. The molecule has 0 fully saturated rings. The summed E-state index contributed by atoms with van der Waals surface area (Å²) < 4.78 is 37.7. The van der Waals surface area contributed by atoms with Crippen LogP contribution in [0.4, 0.5) is 13.2 Å². The van der Waals surface area contributed by atoms with Crippen LogP contribution in [0.15, 0.2) is 28.7 Å². The van der Waals surface area contributed by atoms with Crippen LogP contribution < -0.4 is 0 Å². The van der Waals surface area contributed by atoms with Crippen LogP contribution in [-0.4, -0.2) is 41.1 Å². The number of benzene rings is 1. The second-order valence-corrected chi connectivity index (χ2v) is 4.98. The first kappa shape index (κ1) is 16.5. The van der Waals surface area contributed by atoms with Gasteiger partial charge in [-0.05, 0) is 17.7 Å². The summed E-state index contributed by atoms with van der Waals surface area (Å²) in [6, 6.07) is 6.45. The summed E-state index contributed by atoms with van der Waals surface area (Å²) in [6.07, 6.45) is -4.92. The molecule has 1 aromatic carbocycles. The van der Waals surface area contributed by atoms with Crippen LogP contribution in [0.25, 0.3) is 0 Å². The number of carbonyl (C=O) groups is 2. The van der Waals surface area contributed by atoms with Gasteiger partial charge in [0.25, 0.3) is 0 Å². The zero-order valence-corrected chi connectivity index (χ0v) is 11.7. The van der Waals surface area contributed by atoms with Gasteiger partial charge in [0.1, 0.15) is 13.1 Å². The highest BCUT2D eigenvalue weighted by Gasteiger charge is 2.33. The molecule has 8 heteroatoms. The van der Waals surface area contributed by atoms with Crippen molar-refractivity contribution in [1.29, 1.82) is 0 Å². The van der Waals surface area contributed by atoms with Crippen LogP contribution >= 0.6 is 15.9 Å². The highest BCUT2D eigenvalue weighted by molar-refractivity contribution is 9.10. The van der Waals surface area contributed by atoms with Crippen molar-refractivity contribution in [3.63, 3.8) is 0 Å². The Labute approximate surface area is 121 Å². The lowest BCUT2D eigenvalue weighted by atomic mass is 10.1. The molecule has 0 aliphatic rings. The molecule has 0 unspecified atom stereocenters. The molecule has 0 aromatic heterocycles. The van der Waals surface area contributed by atoms with Gasteiger partial charge in [0.15, 0.2) is 0 Å². The summed E-state index contributed by atoms with van der Waals surface area (Å²) in [4.78, 5) is 22.6. The van der Waals surface area contributed by atoms with Crippen molar-refractivity contribution in [3.05, 3.63) is 34.3 Å². The Balaban J connectivity index is 2.76. The van der Waals surface area contributed by atoms with Crippen LogP contribution in [0.5, 0.6) is 0 Å². The van der Waals surface area contributed by atoms with Crippen molar-refractivity contribution >= 4 is 27.8 Å². The quantitative estimate of drug-likeness (QED) is 0.884. The summed E-state index contributed by atoms with van der Waals surface area (Å²) in [5.41, 5.74) is 0.510. The zero-order valence-electron chi connectivity index (χ0n) is 10.2. The molecule has 0 saturated carbocycles. The summed E-state index contributed by atoms with van der Waals surface area (Å²) in [7, 11) is 0. The fourth-order valence-electron chi connectivity index (χ4n) is 1.50. The van der Waals surface area contributed by atoms with Crippen LogP contribution in [0.2, 0.25) is 0 Å². The van der Waals surface area contributed by atoms with Crippen LogP contribution in [-0.2, 0) is 16.0 Å². The van der Waals surface area contributed by atoms with E-state index >= 15 is 0 Å². The van der Waals surface area contributed by atoms with Gasteiger partial charge in [0.2, 0.25) is 5.91 Å². The van der Waals surface area contributed by atoms with E-state index in [-0.39, 0.29) is 11.3 Å². The molecule has 1 aromatic rings. The largest absolute Gasteiger partial charge is 0.480 e. The van der Waals surface area contributed by atoms with Gasteiger partial charge in [-0.2, -0.15) is 13.2 Å². The molecule has 0 spiro atoms. The van der Waals surface area contributed by atoms with E-state index in [2.05, 4.69) is 15.9 Å². The van der Waals surface area contributed by atoms with Crippen molar-refractivity contribution < 1.29 is 27.9 Å². The molecule has 0 radical (unpaired) electrons. The molecular formula is C12H11BrF3NO3. The van der Waals surface area contributed by atoms with E-state index in [4.69, 9.17) is 5.11 Å². The predicted octanol–water partition coefficient (Wildman–Crippen LogP) is 2.47. The lowest BCUT2D eigenvalue weighted by Gasteiger charge is -2.22. The van der Waals surface area contributed by atoms with Crippen molar-refractivity contribution in [3.8, 4) is 0 Å². The zero-order chi connectivity index (χ0) is 15.3. The molecule has 0 heterocycles. The standard InChI is InChI=1S/C12H11BrF3NO3/c13-9-3-1-8(2-4-9)5-10(18)17(6-11(19)20)7-12(14,15)16/h1-4H,5-7H2,(H,19,20). The number of rotatable bonds is 5. The van der Waals surface area contributed by atoms with Crippen molar-refractivity contribution in [1.82, 2.24) is 4.90 Å². The number of aliphatic carboxylic acids is 1. The van der Waals surface area contributed by atoms with Gasteiger partial charge < -0.3 is 10.0 Å². The molecule has 110 valence electrons. The predicted molar refractivity (Wildman–Crippen MR) is 68.1 cm³/mol. The summed E-state index contributed by atoms with van der Waals surface area (Å²) in [5.74, 6) is -2.37. The number of hydrogen-bond donors (Lipinski definition) is 1. The summed E-state index contributed by atoms with van der Waals surface area (Å²) in [5, 5.41) is 8.56. The number of halogens is 4. The molecule has 0 aliphatic heterocycles. The number of amides is 1. The van der Waals surface area contributed by atoms with E-state index < -0.39 is 31.1 Å². The highest BCUT2D eigenvalue weighted by Crippen LogP contribution is 2.18. The van der Waals surface area contributed by atoms with Crippen LogP contribution in [0.1, 0.15) is 5.56 Å². The molecule has 0 aliphatic carbocycles. The minimum absolute atomic E-state index is 0.281. The number of carboxylic acids is 1. The Morgan fingerprint density at radius 3 is 2.20 bits per heavy atom. The number of carbonyl (C=O) groups excluding carboxylic acids is 1. The van der Waals surface area contributed by atoms with Gasteiger partial charge >= 0.3 is 12.1 Å². The van der Waals surface area contributed by atoms with E-state index in [0.717, 1.165) is 4.47 Å². The maximum atomic E-state index is 12.3. The van der Waals surface area contributed by atoms with Gasteiger partial charge in [-0.25, -0.2) is 0 Å².